The Morgan fingerprint density at radius 3 is 2.42 bits per heavy atom. The number of anilines is 1. The lowest BCUT2D eigenvalue weighted by Gasteiger charge is -2.26. The number of aryl methyl sites for hydroxylation is 1. The Hall–Kier alpha value is -1.95. The molecule has 0 heterocycles. The van der Waals surface area contributed by atoms with Gasteiger partial charge in [0.15, 0.2) is 0 Å². The Morgan fingerprint density at radius 2 is 2.00 bits per heavy atom. The fourth-order valence-electron chi connectivity index (χ4n) is 1.51. The number of amides is 1. The molecule has 0 aliphatic heterocycles. The number of carbonyl (C=O) groups excluding carboxylic acids is 1. The first kappa shape index (κ1) is 15.1. The molecule has 0 aromatic heterocycles. The van der Waals surface area contributed by atoms with Crippen LogP contribution in [0.3, 0.4) is 0 Å². The Bertz CT molecular complexity index is 506. The van der Waals surface area contributed by atoms with E-state index in [1.807, 2.05) is 20.8 Å². The first-order valence-electron chi connectivity index (χ1n) is 5.94. The Kier molecular flexibility index (Phi) is 4.26. The highest BCUT2D eigenvalue weighted by Gasteiger charge is 2.27. The number of non-ortho nitro benzene ring substituents is 1. The molecule has 1 atom stereocenters. The zero-order valence-electron chi connectivity index (χ0n) is 11.6. The van der Waals surface area contributed by atoms with Gasteiger partial charge in [-0.25, -0.2) is 0 Å². The molecule has 0 saturated carbocycles. The standard InChI is InChI=1S/C13H19N3O3/c1-8-7-9(16(18)19)5-6-10(8)15-12(17)11(14)13(2,3)4/h5-7,11H,14H2,1-4H3,(H,15,17)/t11-/m0/s1. The summed E-state index contributed by atoms with van der Waals surface area (Å²) in [6, 6.07) is 3.63. The fraction of sp³-hybridized carbons (Fsp3) is 0.462. The molecular formula is C13H19N3O3. The molecule has 0 saturated heterocycles. The summed E-state index contributed by atoms with van der Waals surface area (Å²) in [6.07, 6.45) is 0. The molecule has 1 rings (SSSR count). The van der Waals surface area contributed by atoms with Crippen molar-refractivity contribution in [3.05, 3.63) is 33.9 Å². The molecule has 0 aliphatic carbocycles. The summed E-state index contributed by atoms with van der Waals surface area (Å²) in [7, 11) is 0. The van der Waals surface area contributed by atoms with Gasteiger partial charge in [-0.15, -0.1) is 0 Å². The van der Waals surface area contributed by atoms with E-state index in [0.29, 0.717) is 11.3 Å². The number of nitro benzene ring substituents is 1. The number of hydrogen-bond donors (Lipinski definition) is 2. The quantitative estimate of drug-likeness (QED) is 0.646. The van der Waals surface area contributed by atoms with Crippen LogP contribution >= 0.6 is 0 Å². The third-order valence-corrected chi connectivity index (χ3v) is 2.89. The average Bonchev–Trinajstić information content (AvgIpc) is 2.29. The number of nitro groups is 1. The summed E-state index contributed by atoms with van der Waals surface area (Å²) < 4.78 is 0. The normalized spacial score (nSPS) is 12.9. The highest BCUT2D eigenvalue weighted by Crippen LogP contribution is 2.23. The molecule has 6 heteroatoms. The van der Waals surface area contributed by atoms with Gasteiger partial charge in [-0.05, 0) is 24.0 Å². The molecule has 0 fully saturated rings. The number of nitrogens with two attached hydrogens (primary N) is 1. The van der Waals surface area contributed by atoms with Crippen molar-refractivity contribution in [2.24, 2.45) is 11.1 Å². The van der Waals surface area contributed by atoms with Crippen molar-refractivity contribution in [3.8, 4) is 0 Å². The largest absolute Gasteiger partial charge is 0.324 e. The molecular weight excluding hydrogens is 246 g/mol. The smallest absolute Gasteiger partial charge is 0.269 e. The number of nitrogens with zero attached hydrogens (tertiary/aromatic N) is 1. The van der Waals surface area contributed by atoms with E-state index in [2.05, 4.69) is 5.32 Å². The average molecular weight is 265 g/mol. The molecule has 6 nitrogen and oxygen atoms in total. The van der Waals surface area contributed by atoms with E-state index in [-0.39, 0.29) is 17.0 Å². The molecule has 104 valence electrons. The van der Waals surface area contributed by atoms with Crippen molar-refractivity contribution in [2.45, 2.75) is 33.7 Å². The van der Waals surface area contributed by atoms with Gasteiger partial charge in [-0.1, -0.05) is 20.8 Å². The predicted octanol–water partition coefficient (Wildman–Crippen LogP) is 2.22. The summed E-state index contributed by atoms with van der Waals surface area (Å²) in [5.74, 6) is -0.301. The minimum absolute atomic E-state index is 0.00406. The lowest BCUT2D eigenvalue weighted by Crippen LogP contribution is -2.45. The lowest BCUT2D eigenvalue weighted by atomic mass is 9.87. The van der Waals surface area contributed by atoms with Crippen molar-refractivity contribution in [1.82, 2.24) is 0 Å². The molecule has 0 aliphatic rings. The van der Waals surface area contributed by atoms with Crippen LogP contribution in [-0.4, -0.2) is 16.9 Å². The first-order valence-corrected chi connectivity index (χ1v) is 5.94. The van der Waals surface area contributed by atoms with Gasteiger partial charge in [0.1, 0.15) is 0 Å². The maximum Gasteiger partial charge on any atom is 0.269 e. The van der Waals surface area contributed by atoms with Crippen molar-refractivity contribution in [1.29, 1.82) is 0 Å². The van der Waals surface area contributed by atoms with E-state index < -0.39 is 11.0 Å². The van der Waals surface area contributed by atoms with Crippen LogP contribution in [0.15, 0.2) is 18.2 Å². The zero-order valence-corrected chi connectivity index (χ0v) is 11.6. The van der Waals surface area contributed by atoms with E-state index in [9.17, 15) is 14.9 Å². The minimum atomic E-state index is -0.651. The number of carbonyl (C=O) groups is 1. The number of benzene rings is 1. The Morgan fingerprint density at radius 1 is 1.42 bits per heavy atom. The summed E-state index contributed by atoms with van der Waals surface area (Å²) in [6.45, 7) is 7.32. The maximum atomic E-state index is 12.0. The van der Waals surface area contributed by atoms with Crippen LogP contribution in [0.2, 0.25) is 0 Å². The van der Waals surface area contributed by atoms with Gasteiger partial charge in [0, 0.05) is 17.8 Å². The van der Waals surface area contributed by atoms with Gasteiger partial charge in [0.05, 0.1) is 11.0 Å². The van der Waals surface area contributed by atoms with E-state index in [1.54, 1.807) is 6.92 Å². The van der Waals surface area contributed by atoms with Gasteiger partial charge in [-0.2, -0.15) is 0 Å². The number of nitrogens with one attached hydrogen (secondary N) is 1. The topological polar surface area (TPSA) is 98.3 Å². The first-order chi connectivity index (χ1) is 8.62. The molecule has 1 aromatic rings. The predicted molar refractivity (Wildman–Crippen MR) is 73.9 cm³/mol. The molecule has 0 unspecified atom stereocenters. The molecule has 1 amide bonds. The molecule has 0 spiro atoms. The van der Waals surface area contributed by atoms with Crippen LogP contribution in [0.5, 0.6) is 0 Å². The SMILES string of the molecule is Cc1cc([N+](=O)[O-])ccc1NC(=O)[C@H](N)C(C)(C)C. The van der Waals surface area contributed by atoms with Crippen LogP contribution in [0, 0.1) is 22.5 Å². The molecule has 19 heavy (non-hydrogen) atoms. The van der Waals surface area contributed by atoms with Crippen LogP contribution in [0.25, 0.3) is 0 Å². The van der Waals surface area contributed by atoms with Crippen LogP contribution in [0.1, 0.15) is 26.3 Å². The minimum Gasteiger partial charge on any atom is -0.324 e. The molecule has 3 N–H and O–H groups in total. The lowest BCUT2D eigenvalue weighted by molar-refractivity contribution is -0.384. The monoisotopic (exact) mass is 265 g/mol. The second-order valence-corrected chi connectivity index (χ2v) is 5.59. The summed E-state index contributed by atoms with van der Waals surface area (Å²) in [5.41, 5.74) is 6.66. The van der Waals surface area contributed by atoms with Gasteiger partial charge >= 0.3 is 0 Å². The maximum absolute atomic E-state index is 12.0. The van der Waals surface area contributed by atoms with E-state index in [1.165, 1.54) is 18.2 Å². The number of hydrogen-bond acceptors (Lipinski definition) is 4. The van der Waals surface area contributed by atoms with Crippen LogP contribution in [-0.2, 0) is 4.79 Å². The Labute approximate surface area is 112 Å². The molecule has 1 aromatic carbocycles. The fourth-order valence-corrected chi connectivity index (χ4v) is 1.51. The third kappa shape index (κ3) is 3.75. The van der Waals surface area contributed by atoms with Crippen LogP contribution < -0.4 is 11.1 Å². The van der Waals surface area contributed by atoms with Crippen molar-refractivity contribution in [2.75, 3.05) is 5.32 Å². The molecule has 0 bridgehead atoms. The zero-order chi connectivity index (χ0) is 14.8. The van der Waals surface area contributed by atoms with Crippen molar-refractivity contribution >= 4 is 17.3 Å². The van der Waals surface area contributed by atoms with E-state index in [0.717, 1.165) is 0 Å². The summed E-state index contributed by atoms with van der Waals surface area (Å²) >= 11 is 0. The second kappa shape index (κ2) is 5.36. The van der Waals surface area contributed by atoms with Crippen LogP contribution in [0.4, 0.5) is 11.4 Å². The van der Waals surface area contributed by atoms with Gasteiger partial charge in [0.25, 0.3) is 5.69 Å². The van der Waals surface area contributed by atoms with E-state index >= 15 is 0 Å². The molecule has 0 radical (unpaired) electrons. The summed E-state index contributed by atoms with van der Waals surface area (Å²) in [5, 5.41) is 13.3. The van der Waals surface area contributed by atoms with Gasteiger partial charge < -0.3 is 11.1 Å². The number of rotatable bonds is 3. The Balaban J connectivity index is 2.89. The van der Waals surface area contributed by atoms with E-state index in [4.69, 9.17) is 5.73 Å². The third-order valence-electron chi connectivity index (χ3n) is 2.89. The summed E-state index contributed by atoms with van der Waals surface area (Å²) in [4.78, 5) is 22.1. The highest BCUT2D eigenvalue weighted by atomic mass is 16.6. The van der Waals surface area contributed by atoms with Gasteiger partial charge in [-0.3, -0.25) is 14.9 Å². The highest BCUT2D eigenvalue weighted by molar-refractivity contribution is 5.95. The van der Waals surface area contributed by atoms with Crippen molar-refractivity contribution in [3.63, 3.8) is 0 Å². The van der Waals surface area contributed by atoms with Gasteiger partial charge in [0.2, 0.25) is 5.91 Å². The second-order valence-electron chi connectivity index (χ2n) is 5.59. The van der Waals surface area contributed by atoms with Crippen molar-refractivity contribution < 1.29 is 9.72 Å².